The Balaban J connectivity index is 1.78. The second kappa shape index (κ2) is 5.65. The number of amides is 1. The molecule has 0 bridgehead atoms. The molecule has 0 atom stereocenters. The number of rotatable bonds is 3. The van der Waals surface area contributed by atoms with Gasteiger partial charge in [-0.3, -0.25) is 4.79 Å². The number of nitrogens with one attached hydrogen (secondary N) is 1. The topological polar surface area (TPSA) is 78.7 Å². The Kier molecular flexibility index (Phi) is 3.70. The molecule has 0 unspecified atom stereocenters. The normalized spacial score (nSPS) is 15.4. The molecule has 0 aliphatic carbocycles. The Morgan fingerprint density at radius 1 is 1.43 bits per heavy atom. The third kappa shape index (κ3) is 2.80. The highest BCUT2D eigenvalue weighted by atomic mass is 16.2. The zero-order valence-corrected chi connectivity index (χ0v) is 12.3. The molecule has 1 saturated heterocycles. The first-order chi connectivity index (χ1) is 10.1. The highest BCUT2D eigenvalue weighted by molar-refractivity contribution is 5.81. The molecule has 1 amide bonds. The van der Waals surface area contributed by atoms with Crippen molar-refractivity contribution in [1.29, 1.82) is 0 Å². The second-order valence-electron chi connectivity index (χ2n) is 5.21. The van der Waals surface area contributed by atoms with E-state index in [0.29, 0.717) is 12.3 Å². The molecule has 3 heterocycles. The quantitative estimate of drug-likeness (QED) is 0.805. The van der Waals surface area contributed by atoms with Crippen molar-refractivity contribution >= 4 is 17.5 Å². The van der Waals surface area contributed by atoms with Gasteiger partial charge in [-0.2, -0.15) is 14.6 Å². The van der Waals surface area contributed by atoms with Crippen LogP contribution in [0.3, 0.4) is 0 Å². The van der Waals surface area contributed by atoms with Crippen LogP contribution < -0.4 is 10.2 Å². The number of fused-ring (bicyclic) bond motifs is 1. The number of anilines is 1. The molecule has 0 radical (unpaired) electrons. The summed E-state index contributed by atoms with van der Waals surface area (Å²) in [4.78, 5) is 24.5. The van der Waals surface area contributed by atoms with Gasteiger partial charge < -0.3 is 15.1 Å². The molecule has 0 saturated carbocycles. The molecule has 0 spiro atoms. The Bertz CT molecular complexity index is 647. The minimum atomic E-state index is 0.127. The van der Waals surface area contributed by atoms with E-state index in [9.17, 15) is 4.79 Å². The van der Waals surface area contributed by atoms with Crippen molar-refractivity contribution in [3.05, 3.63) is 18.1 Å². The van der Waals surface area contributed by atoms with Crippen LogP contribution in [0.4, 0.5) is 5.82 Å². The monoisotopic (exact) mass is 289 g/mol. The maximum absolute atomic E-state index is 12.3. The number of aromatic nitrogens is 4. The van der Waals surface area contributed by atoms with Crippen LogP contribution in [0.5, 0.6) is 0 Å². The van der Waals surface area contributed by atoms with E-state index in [1.807, 2.05) is 29.8 Å². The Morgan fingerprint density at radius 2 is 2.19 bits per heavy atom. The van der Waals surface area contributed by atoms with Gasteiger partial charge in [0.1, 0.15) is 12.1 Å². The first-order valence-corrected chi connectivity index (χ1v) is 7.02. The SMILES string of the molecule is Cc1cc(N(C)CC(=O)N2CCNCC2)n2ncnc2n1. The van der Waals surface area contributed by atoms with Crippen LogP contribution in [-0.2, 0) is 4.79 Å². The van der Waals surface area contributed by atoms with Gasteiger partial charge in [-0.05, 0) is 6.92 Å². The van der Waals surface area contributed by atoms with Crippen LogP contribution in [0, 0.1) is 6.92 Å². The van der Waals surface area contributed by atoms with Crippen molar-refractivity contribution in [3.63, 3.8) is 0 Å². The minimum Gasteiger partial charge on any atom is -0.350 e. The van der Waals surface area contributed by atoms with E-state index in [4.69, 9.17) is 0 Å². The Hall–Kier alpha value is -2.22. The predicted octanol–water partition coefficient (Wildman–Crippen LogP) is -0.699. The molecular formula is C13H19N7O. The van der Waals surface area contributed by atoms with Crippen LogP contribution >= 0.6 is 0 Å². The maximum Gasteiger partial charge on any atom is 0.254 e. The van der Waals surface area contributed by atoms with Gasteiger partial charge in [0.25, 0.3) is 5.78 Å². The largest absolute Gasteiger partial charge is 0.350 e. The van der Waals surface area contributed by atoms with Gasteiger partial charge in [-0.25, -0.2) is 4.98 Å². The Morgan fingerprint density at radius 3 is 2.95 bits per heavy atom. The fourth-order valence-corrected chi connectivity index (χ4v) is 2.48. The molecule has 2 aromatic heterocycles. The third-order valence-corrected chi connectivity index (χ3v) is 3.59. The number of aryl methyl sites for hydroxylation is 1. The zero-order chi connectivity index (χ0) is 14.8. The molecular weight excluding hydrogens is 270 g/mol. The van der Waals surface area contributed by atoms with Gasteiger partial charge in [-0.1, -0.05) is 0 Å². The lowest BCUT2D eigenvalue weighted by Gasteiger charge is -2.29. The summed E-state index contributed by atoms with van der Waals surface area (Å²) in [5.74, 6) is 1.49. The van der Waals surface area contributed by atoms with E-state index in [1.165, 1.54) is 6.33 Å². The van der Waals surface area contributed by atoms with Gasteiger partial charge in [0.15, 0.2) is 0 Å². The number of nitrogens with zero attached hydrogens (tertiary/aromatic N) is 6. The van der Waals surface area contributed by atoms with Crippen LogP contribution in [0.25, 0.3) is 5.78 Å². The lowest BCUT2D eigenvalue weighted by atomic mass is 10.3. The van der Waals surface area contributed by atoms with E-state index in [0.717, 1.165) is 37.7 Å². The molecule has 8 heteroatoms. The van der Waals surface area contributed by atoms with Gasteiger partial charge in [0.05, 0.1) is 6.54 Å². The third-order valence-electron chi connectivity index (χ3n) is 3.59. The first-order valence-electron chi connectivity index (χ1n) is 7.02. The molecule has 0 aromatic carbocycles. The zero-order valence-electron chi connectivity index (χ0n) is 12.3. The van der Waals surface area contributed by atoms with E-state index in [-0.39, 0.29) is 5.91 Å². The number of hydrogen-bond donors (Lipinski definition) is 1. The van der Waals surface area contributed by atoms with Crippen molar-refractivity contribution < 1.29 is 4.79 Å². The molecule has 21 heavy (non-hydrogen) atoms. The van der Waals surface area contributed by atoms with Crippen molar-refractivity contribution in [1.82, 2.24) is 29.8 Å². The first kappa shape index (κ1) is 13.7. The number of hydrogen-bond acceptors (Lipinski definition) is 6. The predicted molar refractivity (Wildman–Crippen MR) is 78.2 cm³/mol. The fourth-order valence-electron chi connectivity index (χ4n) is 2.48. The molecule has 1 aliphatic heterocycles. The van der Waals surface area contributed by atoms with Gasteiger partial charge >= 0.3 is 0 Å². The lowest BCUT2D eigenvalue weighted by molar-refractivity contribution is -0.130. The van der Waals surface area contributed by atoms with Gasteiger partial charge in [0, 0.05) is 45.0 Å². The van der Waals surface area contributed by atoms with Crippen LogP contribution in [0.15, 0.2) is 12.4 Å². The van der Waals surface area contributed by atoms with Crippen molar-refractivity contribution in [2.75, 3.05) is 44.7 Å². The molecule has 1 aliphatic rings. The molecule has 112 valence electrons. The summed E-state index contributed by atoms with van der Waals surface area (Å²) in [5, 5.41) is 7.41. The molecule has 3 rings (SSSR count). The average molecular weight is 289 g/mol. The van der Waals surface area contributed by atoms with Crippen LogP contribution in [0.1, 0.15) is 5.69 Å². The van der Waals surface area contributed by atoms with E-state index in [2.05, 4.69) is 20.4 Å². The van der Waals surface area contributed by atoms with Crippen LogP contribution in [0.2, 0.25) is 0 Å². The summed E-state index contributed by atoms with van der Waals surface area (Å²) in [6.07, 6.45) is 1.47. The summed E-state index contributed by atoms with van der Waals surface area (Å²) < 4.78 is 1.65. The summed E-state index contributed by atoms with van der Waals surface area (Å²) >= 11 is 0. The van der Waals surface area contributed by atoms with Crippen molar-refractivity contribution in [3.8, 4) is 0 Å². The van der Waals surface area contributed by atoms with Gasteiger partial charge in [0.2, 0.25) is 5.91 Å². The molecule has 1 fully saturated rings. The number of carbonyl (C=O) groups is 1. The van der Waals surface area contributed by atoms with Crippen LogP contribution in [-0.4, -0.2) is 70.2 Å². The van der Waals surface area contributed by atoms with E-state index in [1.54, 1.807) is 4.52 Å². The average Bonchev–Trinajstić information content (AvgIpc) is 2.95. The van der Waals surface area contributed by atoms with E-state index < -0.39 is 0 Å². The van der Waals surface area contributed by atoms with E-state index >= 15 is 0 Å². The standard InChI is InChI=1S/C13H19N7O/c1-10-7-11(20-13(17-10)15-9-16-20)18(2)8-12(21)19-5-3-14-4-6-19/h7,9,14H,3-6,8H2,1-2H3. The smallest absolute Gasteiger partial charge is 0.254 e. The van der Waals surface area contributed by atoms with Gasteiger partial charge in [-0.15, -0.1) is 0 Å². The number of carbonyl (C=O) groups excluding carboxylic acids is 1. The molecule has 1 N–H and O–H groups in total. The molecule has 2 aromatic rings. The fraction of sp³-hybridized carbons (Fsp3) is 0.538. The summed E-state index contributed by atoms with van der Waals surface area (Å²) in [6, 6.07) is 1.91. The number of likely N-dealkylation sites (N-methyl/N-ethyl adjacent to an activating group) is 1. The maximum atomic E-state index is 12.3. The highest BCUT2D eigenvalue weighted by Crippen LogP contribution is 2.14. The highest BCUT2D eigenvalue weighted by Gasteiger charge is 2.19. The second-order valence-corrected chi connectivity index (χ2v) is 5.21. The number of piperazine rings is 1. The van der Waals surface area contributed by atoms with Crippen molar-refractivity contribution in [2.24, 2.45) is 0 Å². The molecule has 8 nitrogen and oxygen atoms in total. The minimum absolute atomic E-state index is 0.127. The lowest BCUT2D eigenvalue weighted by Crippen LogP contribution is -2.49. The summed E-state index contributed by atoms with van der Waals surface area (Å²) in [7, 11) is 1.88. The summed E-state index contributed by atoms with van der Waals surface area (Å²) in [5.41, 5.74) is 0.854. The Labute approximate surface area is 122 Å². The summed E-state index contributed by atoms with van der Waals surface area (Å²) in [6.45, 7) is 5.47. The van der Waals surface area contributed by atoms with Crippen molar-refractivity contribution in [2.45, 2.75) is 6.92 Å².